The Hall–Kier alpha value is -0.490. The van der Waals surface area contributed by atoms with Crippen LogP contribution >= 0.6 is 35.0 Å². The van der Waals surface area contributed by atoms with Gasteiger partial charge in [0.2, 0.25) is 5.52 Å². The predicted octanol–water partition coefficient (Wildman–Crippen LogP) is 5.87. The van der Waals surface area contributed by atoms with E-state index in [9.17, 15) is 0 Å². The number of rotatable bonds is 9. The normalized spacial score (nSPS) is 14.4. The van der Waals surface area contributed by atoms with E-state index in [0.717, 1.165) is 23.8 Å². The van der Waals surface area contributed by atoms with Crippen LogP contribution in [0.3, 0.4) is 0 Å². The lowest BCUT2D eigenvalue weighted by Gasteiger charge is -2.21. The van der Waals surface area contributed by atoms with E-state index >= 15 is 0 Å². The standard InChI is InChI=1S/C27H32Cl2NS.HI/c28-24-15-22(16-25(29)18-24)20-31-26-17-23-12-6-7-13-27(23)30(19-26)14-8-2-5-11-21-9-3-1-4-10-21;/h6-7,12-13,15-19,21H,1-5,8-11,14,20H2;1H/q+1;/p-1. The highest BCUT2D eigenvalue weighted by molar-refractivity contribution is 7.98. The molecular weight excluding hydrogens is 568 g/mol. The highest BCUT2D eigenvalue weighted by atomic mass is 127. The Morgan fingerprint density at radius 2 is 1.62 bits per heavy atom. The quantitative estimate of drug-likeness (QED) is 0.129. The van der Waals surface area contributed by atoms with E-state index in [-0.39, 0.29) is 24.0 Å². The molecular formula is C27H32Cl2INS. The Morgan fingerprint density at radius 3 is 2.41 bits per heavy atom. The SMILES string of the molecule is Clc1cc(Cl)cc(CSc2cc3ccccc3[n+](CCCCCC3CCCCC3)c2)c1.[I-]. The molecule has 0 N–H and O–H groups in total. The van der Waals surface area contributed by atoms with Gasteiger partial charge in [-0.2, -0.15) is 4.57 Å². The molecule has 2 aromatic carbocycles. The van der Waals surface area contributed by atoms with Crippen molar-refractivity contribution in [1.82, 2.24) is 0 Å². The van der Waals surface area contributed by atoms with Gasteiger partial charge < -0.3 is 24.0 Å². The molecule has 32 heavy (non-hydrogen) atoms. The Bertz CT molecular complexity index is 984. The third-order valence-electron chi connectivity index (χ3n) is 6.39. The van der Waals surface area contributed by atoms with Crippen LogP contribution in [0.5, 0.6) is 0 Å². The van der Waals surface area contributed by atoms with Crippen molar-refractivity contribution in [3.63, 3.8) is 0 Å². The number of unbranched alkanes of at least 4 members (excludes halogenated alkanes) is 2. The Labute approximate surface area is 224 Å². The number of para-hydroxylation sites is 1. The van der Waals surface area contributed by atoms with Crippen molar-refractivity contribution in [1.29, 1.82) is 0 Å². The van der Waals surface area contributed by atoms with Gasteiger partial charge >= 0.3 is 0 Å². The number of fused-ring (bicyclic) bond motifs is 1. The van der Waals surface area contributed by atoms with Crippen LogP contribution in [0.1, 0.15) is 63.4 Å². The number of halogens is 3. The number of thioether (sulfide) groups is 1. The van der Waals surface area contributed by atoms with E-state index in [4.69, 9.17) is 23.2 Å². The molecule has 0 aliphatic heterocycles. The van der Waals surface area contributed by atoms with Crippen LogP contribution in [-0.4, -0.2) is 0 Å². The average molecular weight is 600 g/mol. The van der Waals surface area contributed by atoms with Crippen molar-refractivity contribution < 1.29 is 28.5 Å². The summed E-state index contributed by atoms with van der Waals surface area (Å²) in [4.78, 5) is 1.29. The van der Waals surface area contributed by atoms with Gasteiger partial charge in [0, 0.05) is 33.7 Å². The number of benzene rings is 2. The van der Waals surface area contributed by atoms with Gasteiger partial charge in [0.25, 0.3) is 0 Å². The van der Waals surface area contributed by atoms with E-state index in [1.807, 2.05) is 23.9 Å². The van der Waals surface area contributed by atoms with Crippen LogP contribution in [0, 0.1) is 5.92 Å². The summed E-state index contributed by atoms with van der Waals surface area (Å²) in [5, 5.41) is 2.70. The molecule has 1 aliphatic carbocycles. The smallest absolute Gasteiger partial charge is 0.212 e. The molecule has 3 aromatic rings. The largest absolute Gasteiger partial charge is 1.00 e. The zero-order valence-corrected chi connectivity index (χ0v) is 23.0. The summed E-state index contributed by atoms with van der Waals surface area (Å²) in [6.45, 7) is 1.09. The lowest BCUT2D eigenvalue weighted by molar-refractivity contribution is -0.673. The maximum atomic E-state index is 6.17. The third kappa shape index (κ3) is 7.78. The lowest BCUT2D eigenvalue weighted by Crippen LogP contribution is -3.00. The summed E-state index contributed by atoms with van der Waals surface area (Å²) in [5.74, 6) is 1.86. The summed E-state index contributed by atoms with van der Waals surface area (Å²) >= 11 is 14.2. The molecule has 5 heteroatoms. The van der Waals surface area contributed by atoms with Gasteiger partial charge in [-0.05, 0) is 48.2 Å². The Kier molecular flexibility index (Phi) is 10.9. The summed E-state index contributed by atoms with van der Waals surface area (Å²) in [6, 6.07) is 16.8. The van der Waals surface area contributed by atoms with Gasteiger partial charge in [-0.3, -0.25) is 0 Å². The van der Waals surface area contributed by atoms with Gasteiger partial charge in [0.05, 0.1) is 4.90 Å². The number of aryl methyl sites for hydroxylation is 1. The molecule has 1 aromatic heterocycles. The molecule has 1 heterocycles. The fraction of sp³-hybridized carbons (Fsp3) is 0.444. The van der Waals surface area contributed by atoms with Crippen LogP contribution < -0.4 is 28.5 Å². The van der Waals surface area contributed by atoms with Crippen LogP contribution in [0.4, 0.5) is 0 Å². The third-order valence-corrected chi connectivity index (χ3v) is 7.86. The molecule has 0 bridgehead atoms. The first-order valence-corrected chi connectivity index (χ1v) is 13.4. The van der Waals surface area contributed by atoms with E-state index in [1.165, 1.54) is 73.6 Å². The number of nitrogens with zero attached hydrogens (tertiary/aromatic N) is 1. The predicted molar refractivity (Wildman–Crippen MR) is 135 cm³/mol. The summed E-state index contributed by atoms with van der Waals surface area (Å²) < 4.78 is 2.45. The summed E-state index contributed by atoms with van der Waals surface area (Å²) in [7, 11) is 0. The zero-order valence-electron chi connectivity index (χ0n) is 18.5. The van der Waals surface area contributed by atoms with Gasteiger partial charge in [0.15, 0.2) is 6.20 Å². The number of hydrogen-bond acceptors (Lipinski definition) is 1. The molecule has 0 saturated heterocycles. The highest BCUT2D eigenvalue weighted by Gasteiger charge is 2.14. The second kappa shape index (κ2) is 13.4. The molecule has 0 atom stereocenters. The maximum Gasteiger partial charge on any atom is 0.212 e. The lowest BCUT2D eigenvalue weighted by atomic mass is 9.85. The van der Waals surface area contributed by atoms with E-state index in [2.05, 4.69) is 41.1 Å². The first-order valence-electron chi connectivity index (χ1n) is 11.7. The van der Waals surface area contributed by atoms with Gasteiger partial charge in [-0.1, -0.05) is 80.3 Å². The molecule has 1 nitrogen and oxygen atoms in total. The minimum atomic E-state index is 0. The second-order valence-electron chi connectivity index (χ2n) is 8.85. The van der Waals surface area contributed by atoms with Crippen LogP contribution in [0.25, 0.3) is 10.9 Å². The number of aromatic nitrogens is 1. The van der Waals surface area contributed by atoms with E-state index in [1.54, 1.807) is 6.07 Å². The molecule has 1 fully saturated rings. The van der Waals surface area contributed by atoms with Crippen LogP contribution in [-0.2, 0) is 12.3 Å². The monoisotopic (exact) mass is 599 g/mol. The van der Waals surface area contributed by atoms with Crippen molar-refractivity contribution in [3.8, 4) is 0 Å². The van der Waals surface area contributed by atoms with Crippen molar-refractivity contribution in [2.45, 2.75) is 75.0 Å². The summed E-state index contributed by atoms with van der Waals surface area (Å²) in [6.07, 6.45) is 15.0. The van der Waals surface area contributed by atoms with Crippen LogP contribution in [0.15, 0.2) is 59.6 Å². The fourth-order valence-electron chi connectivity index (χ4n) is 4.78. The number of pyridine rings is 1. The molecule has 172 valence electrons. The van der Waals surface area contributed by atoms with Gasteiger partial charge in [0.1, 0.15) is 6.54 Å². The molecule has 0 amide bonds. The van der Waals surface area contributed by atoms with Gasteiger partial charge in [-0.15, -0.1) is 11.8 Å². The number of hydrogen-bond donors (Lipinski definition) is 0. The second-order valence-corrected chi connectivity index (χ2v) is 10.8. The molecule has 1 aliphatic rings. The molecule has 4 rings (SSSR count). The average Bonchev–Trinajstić information content (AvgIpc) is 2.77. The Balaban J connectivity index is 0.00000289. The molecule has 0 spiro atoms. The zero-order chi connectivity index (χ0) is 21.5. The minimum Gasteiger partial charge on any atom is -1.00 e. The molecule has 0 unspecified atom stereocenters. The first kappa shape index (κ1) is 26.1. The van der Waals surface area contributed by atoms with Crippen LogP contribution in [0.2, 0.25) is 10.0 Å². The Morgan fingerprint density at radius 1 is 0.875 bits per heavy atom. The van der Waals surface area contributed by atoms with E-state index < -0.39 is 0 Å². The van der Waals surface area contributed by atoms with Gasteiger partial charge in [-0.25, -0.2) is 0 Å². The first-order chi connectivity index (χ1) is 15.2. The van der Waals surface area contributed by atoms with Crippen molar-refractivity contribution in [2.24, 2.45) is 5.92 Å². The molecule has 0 radical (unpaired) electrons. The van der Waals surface area contributed by atoms with E-state index in [0.29, 0.717) is 10.0 Å². The van der Waals surface area contributed by atoms with Crippen molar-refractivity contribution in [3.05, 3.63) is 70.3 Å². The maximum absolute atomic E-state index is 6.17. The van der Waals surface area contributed by atoms with Crippen molar-refractivity contribution in [2.75, 3.05) is 0 Å². The topological polar surface area (TPSA) is 3.88 Å². The minimum absolute atomic E-state index is 0. The fourth-order valence-corrected chi connectivity index (χ4v) is 6.26. The summed E-state index contributed by atoms with van der Waals surface area (Å²) in [5.41, 5.74) is 2.48. The van der Waals surface area contributed by atoms with Crippen molar-refractivity contribution >= 4 is 45.9 Å². The highest BCUT2D eigenvalue weighted by Crippen LogP contribution is 2.29. The molecule has 1 saturated carbocycles.